The Balaban J connectivity index is 2.62. The third kappa shape index (κ3) is 6.56. The Morgan fingerprint density at radius 1 is 1.24 bits per heavy atom. The Morgan fingerprint density at radius 3 is 2.48 bits per heavy atom. The third-order valence-electron chi connectivity index (χ3n) is 3.24. The lowest BCUT2D eigenvalue weighted by Gasteiger charge is -2.14. The maximum absolute atomic E-state index is 12.2. The molecule has 1 rings (SSSR count). The average molecular weight is 314 g/mol. The van der Waals surface area contributed by atoms with E-state index in [1.54, 1.807) is 19.2 Å². The summed E-state index contributed by atoms with van der Waals surface area (Å²) < 4.78 is 32.0. The first-order chi connectivity index (χ1) is 9.99. The van der Waals surface area contributed by atoms with Gasteiger partial charge in [0.2, 0.25) is 10.0 Å². The SMILES string of the molecule is CNCCCc1ccc(S(=O)(=O)NC(C)CCOC)cc1. The summed E-state index contributed by atoms with van der Waals surface area (Å²) in [4.78, 5) is 0.309. The van der Waals surface area contributed by atoms with E-state index in [1.807, 2.05) is 26.1 Å². The molecule has 0 aliphatic carbocycles. The number of aryl methyl sites for hydroxylation is 1. The van der Waals surface area contributed by atoms with Crippen molar-refractivity contribution in [3.8, 4) is 0 Å². The van der Waals surface area contributed by atoms with Crippen LogP contribution in [0.25, 0.3) is 0 Å². The van der Waals surface area contributed by atoms with Crippen LogP contribution in [0, 0.1) is 0 Å². The van der Waals surface area contributed by atoms with Gasteiger partial charge >= 0.3 is 0 Å². The number of methoxy groups -OCH3 is 1. The number of sulfonamides is 1. The molecule has 5 nitrogen and oxygen atoms in total. The molecule has 1 aromatic rings. The van der Waals surface area contributed by atoms with Crippen LogP contribution in [0.4, 0.5) is 0 Å². The number of rotatable bonds is 10. The van der Waals surface area contributed by atoms with Crippen molar-refractivity contribution in [2.75, 3.05) is 27.3 Å². The van der Waals surface area contributed by atoms with Gasteiger partial charge in [-0.1, -0.05) is 12.1 Å². The lowest BCUT2D eigenvalue weighted by molar-refractivity contribution is 0.188. The summed E-state index contributed by atoms with van der Waals surface area (Å²) in [5.74, 6) is 0. The highest BCUT2D eigenvalue weighted by atomic mass is 32.2. The minimum Gasteiger partial charge on any atom is -0.385 e. The molecule has 0 aliphatic heterocycles. The molecule has 0 fully saturated rings. The van der Waals surface area contributed by atoms with E-state index in [0.29, 0.717) is 17.9 Å². The highest BCUT2D eigenvalue weighted by molar-refractivity contribution is 7.89. The molecule has 0 saturated heterocycles. The van der Waals surface area contributed by atoms with Crippen molar-refractivity contribution in [3.63, 3.8) is 0 Å². The van der Waals surface area contributed by atoms with Crippen LogP contribution in [0.5, 0.6) is 0 Å². The number of hydrogen-bond donors (Lipinski definition) is 2. The van der Waals surface area contributed by atoms with E-state index in [-0.39, 0.29) is 6.04 Å². The number of ether oxygens (including phenoxy) is 1. The van der Waals surface area contributed by atoms with Gasteiger partial charge in [-0.15, -0.1) is 0 Å². The summed E-state index contributed by atoms with van der Waals surface area (Å²) in [6, 6.07) is 6.94. The van der Waals surface area contributed by atoms with Crippen LogP contribution >= 0.6 is 0 Å². The van der Waals surface area contributed by atoms with Crippen LogP contribution in [0.3, 0.4) is 0 Å². The second kappa shape index (κ2) is 9.15. The van der Waals surface area contributed by atoms with Crippen molar-refractivity contribution in [2.24, 2.45) is 0 Å². The van der Waals surface area contributed by atoms with E-state index in [9.17, 15) is 8.42 Å². The van der Waals surface area contributed by atoms with Crippen LogP contribution < -0.4 is 10.0 Å². The molecule has 6 heteroatoms. The summed E-state index contributed by atoms with van der Waals surface area (Å²) in [6.07, 6.45) is 2.63. The molecule has 2 N–H and O–H groups in total. The summed E-state index contributed by atoms with van der Waals surface area (Å²) in [6.45, 7) is 3.33. The van der Waals surface area contributed by atoms with Gasteiger partial charge in [0.05, 0.1) is 4.90 Å². The summed E-state index contributed by atoms with van der Waals surface area (Å²) in [7, 11) is 0.0781. The predicted octanol–water partition coefficient (Wildman–Crippen LogP) is 1.54. The summed E-state index contributed by atoms with van der Waals surface area (Å²) in [5, 5.41) is 3.10. The first-order valence-corrected chi connectivity index (χ1v) is 8.72. The number of hydrogen-bond acceptors (Lipinski definition) is 4. The number of benzene rings is 1. The maximum Gasteiger partial charge on any atom is 0.240 e. The standard InChI is InChI=1S/C15H26N2O3S/c1-13(10-12-20-3)17-21(18,19)15-8-6-14(7-9-15)5-4-11-16-2/h6-9,13,16-17H,4-5,10-12H2,1-3H3. The van der Waals surface area contributed by atoms with Crippen molar-refractivity contribution in [1.82, 2.24) is 10.0 Å². The van der Waals surface area contributed by atoms with Gasteiger partial charge in [0, 0.05) is 19.8 Å². The smallest absolute Gasteiger partial charge is 0.240 e. The quantitative estimate of drug-likeness (QED) is 0.643. The number of nitrogens with one attached hydrogen (secondary N) is 2. The van der Waals surface area contributed by atoms with Crippen LogP contribution in [0.1, 0.15) is 25.3 Å². The Bertz CT molecular complexity index is 500. The van der Waals surface area contributed by atoms with Crippen molar-refractivity contribution in [1.29, 1.82) is 0 Å². The van der Waals surface area contributed by atoms with Crippen molar-refractivity contribution >= 4 is 10.0 Å². The second-order valence-electron chi connectivity index (χ2n) is 5.15. The van der Waals surface area contributed by atoms with Gasteiger partial charge < -0.3 is 10.1 Å². The van der Waals surface area contributed by atoms with Crippen molar-refractivity contribution < 1.29 is 13.2 Å². The van der Waals surface area contributed by atoms with Gasteiger partial charge in [-0.25, -0.2) is 13.1 Å². The molecule has 0 heterocycles. The highest BCUT2D eigenvalue weighted by Crippen LogP contribution is 2.12. The molecular formula is C15H26N2O3S. The van der Waals surface area contributed by atoms with E-state index in [0.717, 1.165) is 24.9 Å². The molecule has 0 aromatic heterocycles. The predicted molar refractivity (Wildman–Crippen MR) is 85.0 cm³/mol. The molecule has 1 atom stereocenters. The molecule has 120 valence electrons. The Kier molecular flexibility index (Phi) is 7.88. The first kappa shape index (κ1) is 18.1. The largest absolute Gasteiger partial charge is 0.385 e. The normalized spacial score (nSPS) is 13.3. The zero-order chi connectivity index (χ0) is 15.7. The van der Waals surface area contributed by atoms with Crippen LogP contribution in [-0.4, -0.2) is 41.8 Å². The minimum absolute atomic E-state index is 0.148. The van der Waals surface area contributed by atoms with Gasteiger partial charge in [-0.2, -0.15) is 0 Å². The van der Waals surface area contributed by atoms with Gasteiger partial charge in [0.25, 0.3) is 0 Å². The van der Waals surface area contributed by atoms with Crippen LogP contribution in [-0.2, 0) is 21.2 Å². The van der Waals surface area contributed by atoms with Gasteiger partial charge in [-0.3, -0.25) is 0 Å². The summed E-state index contributed by atoms with van der Waals surface area (Å²) in [5.41, 5.74) is 1.15. The Labute approximate surface area is 128 Å². The van der Waals surface area contributed by atoms with Gasteiger partial charge in [0.15, 0.2) is 0 Å². The van der Waals surface area contributed by atoms with Crippen LogP contribution in [0.2, 0.25) is 0 Å². The zero-order valence-electron chi connectivity index (χ0n) is 13.1. The van der Waals surface area contributed by atoms with Crippen molar-refractivity contribution in [2.45, 2.75) is 37.1 Å². The molecule has 0 amide bonds. The monoisotopic (exact) mass is 314 g/mol. The van der Waals surface area contributed by atoms with E-state index < -0.39 is 10.0 Å². The molecule has 0 aliphatic rings. The fourth-order valence-electron chi connectivity index (χ4n) is 1.99. The summed E-state index contributed by atoms with van der Waals surface area (Å²) >= 11 is 0. The maximum atomic E-state index is 12.2. The molecular weight excluding hydrogens is 288 g/mol. The third-order valence-corrected chi connectivity index (χ3v) is 4.84. The van der Waals surface area contributed by atoms with Crippen molar-refractivity contribution in [3.05, 3.63) is 29.8 Å². The first-order valence-electron chi connectivity index (χ1n) is 7.24. The van der Waals surface area contributed by atoms with Gasteiger partial charge in [-0.05, 0) is 57.5 Å². The zero-order valence-corrected chi connectivity index (χ0v) is 13.9. The van der Waals surface area contributed by atoms with E-state index in [4.69, 9.17) is 4.74 Å². The molecule has 0 spiro atoms. The average Bonchev–Trinajstić information content (AvgIpc) is 2.45. The molecule has 0 bridgehead atoms. The van der Waals surface area contributed by atoms with E-state index >= 15 is 0 Å². The molecule has 21 heavy (non-hydrogen) atoms. The molecule has 0 radical (unpaired) electrons. The molecule has 1 unspecified atom stereocenters. The molecule has 0 saturated carbocycles. The Hall–Kier alpha value is -0.950. The minimum atomic E-state index is -3.45. The highest BCUT2D eigenvalue weighted by Gasteiger charge is 2.16. The topological polar surface area (TPSA) is 67.4 Å². The molecule has 1 aromatic carbocycles. The Morgan fingerprint density at radius 2 is 1.90 bits per heavy atom. The lowest BCUT2D eigenvalue weighted by atomic mass is 10.1. The fraction of sp³-hybridized carbons (Fsp3) is 0.600. The van der Waals surface area contributed by atoms with E-state index in [1.165, 1.54) is 0 Å². The van der Waals surface area contributed by atoms with E-state index in [2.05, 4.69) is 10.0 Å². The second-order valence-corrected chi connectivity index (χ2v) is 6.87. The fourth-order valence-corrected chi connectivity index (χ4v) is 3.27. The van der Waals surface area contributed by atoms with Crippen LogP contribution in [0.15, 0.2) is 29.2 Å². The lowest BCUT2D eigenvalue weighted by Crippen LogP contribution is -2.33. The van der Waals surface area contributed by atoms with Gasteiger partial charge in [0.1, 0.15) is 0 Å².